The highest BCUT2D eigenvalue weighted by Crippen LogP contribution is 2.28. The van der Waals surface area contributed by atoms with Crippen molar-refractivity contribution in [3.05, 3.63) is 40.8 Å². The van der Waals surface area contributed by atoms with Gasteiger partial charge in [-0.2, -0.15) is 0 Å². The third-order valence-corrected chi connectivity index (χ3v) is 3.18. The zero-order valence-corrected chi connectivity index (χ0v) is 11.4. The van der Waals surface area contributed by atoms with Crippen LogP contribution >= 0.6 is 11.6 Å². The molecule has 0 amide bonds. The van der Waals surface area contributed by atoms with Gasteiger partial charge in [-0.25, -0.2) is 14.4 Å². The number of benzene rings is 1. The molecule has 0 atom stereocenters. The van der Waals surface area contributed by atoms with Gasteiger partial charge in [-0.1, -0.05) is 24.9 Å². The number of nitrogens with zero attached hydrogens (tertiary/aromatic N) is 2. The molecular formula is C14H15ClFN3. The van der Waals surface area contributed by atoms with Crippen LogP contribution in [0.25, 0.3) is 11.3 Å². The average Bonchev–Trinajstić information content (AvgIpc) is 2.38. The number of anilines is 1. The van der Waals surface area contributed by atoms with Crippen molar-refractivity contribution >= 4 is 17.5 Å². The number of hydrogen-bond donors (Lipinski definition) is 1. The SMILES string of the molecule is CCCCc1c(Cl)nc(N)nc1-c1ccc(F)cc1. The van der Waals surface area contributed by atoms with Crippen LogP contribution in [0.4, 0.5) is 10.3 Å². The predicted octanol–water partition coefficient (Wildman–Crippen LogP) is 3.86. The first-order valence-electron chi connectivity index (χ1n) is 6.19. The molecule has 0 saturated heterocycles. The number of nitrogen functional groups attached to an aromatic ring is 1. The molecule has 19 heavy (non-hydrogen) atoms. The molecule has 0 fully saturated rings. The first-order chi connectivity index (χ1) is 9.11. The molecule has 1 heterocycles. The van der Waals surface area contributed by atoms with E-state index in [4.69, 9.17) is 17.3 Å². The first-order valence-corrected chi connectivity index (χ1v) is 6.57. The molecule has 0 aliphatic carbocycles. The molecule has 1 aromatic carbocycles. The second kappa shape index (κ2) is 5.97. The van der Waals surface area contributed by atoms with Crippen LogP contribution in [0.3, 0.4) is 0 Å². The number of nitrogens with two attached hydrogens (primary N) is 1. The zero-order valence-electron chi connectivity index (χ0n) is 10.7. The summed E-state index contributed by atoms with van der Waals surface area (Å²) in [6, 6.07) is 6.13. The van der Waals surface area contributed by atoms with Gasteiger partial charge in [-0.05, 0) is 37.1 Å². The molecular weight excluding hydrogens is 265 g/mol. The Morgan fingerprint density at radius 2 is 1.89 bits per heavy atom. The predicted molar refractivity (Wildman–Crippen MR) is 75.5 cm³/mol. The molecule has 100 valence electrons. The molecule has 0 bridgehead atoms. The summed E-state index contributed by atoms with van der Waals surface area (Å²) < 4.78 is 13.0. The van der Waals surface area contributed by atoms with Gasteiger partial charge in [0.15, 0.2) is 0 Å². The van der Waals surface area contributed by atoms with E-state index in [2.05, 4.69) is 16.9 Å². The summed E-state index contributed by atoms with van der Waals surface area (Å²) in [6.07, 6.45) is 2.81. The Balaban J connectivity index is 2.50. The van der Waals surface area contributed by atoms with Gasteiger partial charge in [0.25, 0.3) is 0 Å². The van der Waals surface area contributed by atoms with Gasteiger partial charge in [0.2, 0.25) is 5.95 Å². The van der Waals surface area contributed by atoms with Crippen molar-refractivity contribution in [1.29, 1.82) is 0 Å². The molecule has 5 heteroatoms. The van der Waals surface area contributed by atoms with E-state index in [0.717, 1.165) is 30.4 Å². The smallest absolute Gasteiger partial charge is 0.222 e. The van der Waals surface area contributed by atoms with Crippen molar-refractivity contribution in [2.24, 2.45) is 0 Å². The quantitative estimate of drug-likeness (QED) is 0.865. The molecule has 0 saturated carbocycles. The van der Waals surface area contributed by atoms with Crippen molar-refractivity contribution in [2.75, 3.05) is 5.73 Å². The molecule has 3 nitrogen and oxygen atoms in total. The molecule has 0 aliphatic heterocycles. The van der Waals surface area contributed by atoms with E-state index in [0.29, 0.717) is 10.8 Å². The van der Waals surface area contributed by atoms with E-state index in [1.807, 2.05) is 0 Å². The van der Waals surface area contributed by atoms with E-state index >= 15 is 0 Å². The Hall–Kier alpha value is -1.68. The average molecular weight is 280 g/mol. The Labute approximate surface area is 116 Å². The highest BCUT2D eigenvalue weighted by atomic mass is 35.5. The summed E-state index contributed by atoms with van der Waals surface area (Å²) in [5.41, 5.74) is 7.99. The molecule has 0 radical (unpaired) electrons. The Bertz CT molecular complexity index is 570. The third kappa shape index (κ3) is 3.20. The van der Waals surface area contributed by atoms with E-state index in [-0.39, 0.29) is 11.8 Å². The molecule has 1 aromatic heterocycles. The largest absolute Gasteiger partial charge is 0.368 e. The summed E-state index contributed by atoms with van der Waals surface area (Å²) in [4.78, 5) is 8.23. The van der Waals surface area contributed by atoms with Crippen LogP contribution in [0.1, 0.15) is 25.3 Å². The molecule has 0 aliphatic rings. The Kier molecular flexibility index (Phi) is 4.32. The number of aromatic nitrogens is 2. The summed E-state index contributed by atoms with van der Waals surface area (Å²) in [7, 11) is 0. The fraction of sp³-hybridized carbons (Fsp3) is 0.286. The molecule has 0 spiro atoms. The van der Waals surface area contributed by atoms with Gasteiger partial charge in [-0.3, -0.25) is 0 Å². The van der Waals surface area contributed by atoms with E-state index in [1.54, 1.807) is 12.1 Å². The fourth-order valence-electron chi connectivity index (χ4n) is 1.89. The summed E-state index contributed by atoms with van der Waals surface area (Å²) in [5.74, 6) is -0.156. The standard InChI is InChI=1S/C14H15ClFN3/c1-2-3-4-11-12(18-14(17)19-13(11)15)9-5-7-10(16)8-6-9/h5-8H,2-4H2,1H3,(H2,17,18,19). The zero-order chi connectivity index (χ0) is 13.8. The van der Waals surface area contributed by atoms with Gasteiger partial charge in [0.05, 0.1) is 5.69 Å². The van der Waals surface area contributed by atoms with Crippen LogP contribution in [0.15, 0.2) is 24.3 Å². The fourth-order valence-corrected chi connectivity index (χ4v) is 2.17. The van der Waals surface area contributed by atoms with Crippen LogP contribution < -0.4 is 5.73 Å². The third-order valence-electron chi connectivity index (χ3n) is 2.87. The lowest BCUT2D eigenvalue weighted by Crippen LogP contribution is -2.03. The van der Waals surface area contributed by atoms with Crippen LogP contribution in [0.2, 0.25) is 5.15 Å². The van der Waals surface area contributed by atoms with E-state index in [9.17, 15) is 4.39 Å². The second-order valence-electron chi connectivity index (χ2n) is 4.31. The molecule has 2 N–H and O–H groups in total. The van der Waals surface area contributed by atoms with Crippen LogP contribution in [-0.2, 0) is 6.42 Å². The number of rotatable bonds is 4. The van der Waals surface area contributed by atoms with Crippen molar-refractivity contribution in [3.8, 4) is 11.3 Å². The maximum atomic E-state index is 13.0. The maximum Gasteiger partial charge on any atom is 0.222 e. The van der Waals surface area contributed by atoms with Gasteiger partial charge in [0.1, 0.15) is 11.0 Å². The van der Waals surface area contributed by atoms with E-state index in [1.165, 1.54) is 12.1 Å². The van der Waals surface area contributed by atoms with E-state index < -0.39 is 0 Å². The van der Waals surface area contributed by atoms with Crippen molar-refractivity contribution in [3.63, 3.8) is 0 Å². The van der Waals surface area contributed by atoms with Crippen LogP contribution in [-0.4, -0.2) is 9.97 Å². The number of hydrogen-bond acceptors (Lipinski definition) is 3. The molecule has 2 rings (SSSR count). The molecule has 0 unspecified atom stereocenters. The lowest BCUT2D eigenvalue weighted by molar-refractivity contribution is 0.628. The van der Waals surface area contributed by atoms with Crippen molar-refractivity contribution in [2.45, 2.75) is 26.2 Å². The lowest BCUT2D eigenvalue weighted by atomic mass is 10.0. The van der Waals surface area contributed by atoms with Crippen LogP contribution in [0.5, 0.6) is 0 Å². The highest BCUT2D eigenvalue weighted by molar-refractivity contribution is 6.30. The van der Waals surface area contributed by atoms with Crippen molar-refractivity contribution in [1.82, 2.24) is 9.97 Å². The molecule has 2 aromatic rings. The minimum absolute atomic E-state index is 0.129. The summed E-state index contributed by atoms with van der Waals surface area (Å²) in [5, 5.41) is 0.375. The maximum absolute atomic E-state index is 13.0. The Morgan fingerprint density at radius 3 is 2.53 bits per heavy atom. The van der Waals surface area contributed by atoms with Gasteiger partial charge in [-0.15, -0.1) is 0 Å². The highest BCUT2D eigenvalue weighted by Gasteiger charge is 2.13. The lowest BCUT2D eigenvalue weighted by Gasteiger charge is -2.11. The van der Waals surface area contributed by atoms with Gasteiger partial charge in [0, 0.05) is 11.1 Å². The second-order valence-corrected chi connectivity index (χ2v) is 4.67. The van der Waals surface area contributed by atoms with Crippen molar-refractivity contribution < 1.29 is 4.39 Å². The number of halogens is 2. The first kappa shape index (κ1) is 13.7. The van der Waals surface area contributed by atoms with Gasteiger partial charge < -0.3 is 5.73 Å². The topological polar surface area (TPSA) is 51.8 Å². The minimum Gasteiger partial charge on any atom is -0.368 e. The Morgan fingerprint density at radius 1 is 1.21 bits per heavy atom. The normalized spacial score (nSPS) is 10.7. The monoisotopic (exact) mass is 279 g/mol. The van der Waals surface area contributed by atoms with Crippen LogP contribution in [0, 0.1) is 5.82 Å². The summed E-state index contributed by atoms with van der Waals surface area (Å²) >= 11 is 6.15. The van der Waals surface area contributed by atoms with Gasteiger partial charge >= 0.3 is 0 Å². The minimum atomic E-state index is -0.285. The number of unbranched alkanes of at least 4 members (excludes halogenated alkanes) is 1. The summed E-state index contributed by atoms with van der Waals surface area (Å²) in [6.45, 7) is 2.10.